The Morgan fingerprint density at radius 2 is 2.17 bits per heavy atom. The van der Waals surface area contributed by atoms with Crippen molar-refractivity contribution in [1.29, 1.82) is 0 Å². The third kappa shape index (κ3) is 2.83. The van der Waals surface area contributed by atoms with Gasteiger partial charge in [-0.1, -0.05) is 19.1 Å². The highest BCUT2D eigenvalue weighted by Crippen LogP contribution is 2.21. The lowest BCUT2D eigenvalue weighted by Crippen LogP contribution is -2.27. The van der Waals surface area contributed by atoms with Crippen molar-refractivity contribution >= 4 is 12.6 Å². The molecule has 1 saturated heterocycles. The van der Waals surface area contributed by atoms with Gasteiger partial charge in [-0.3, -0.25) is 4.90 Å². The minimum Gasteiger partial charge on any atom is -0.297 e. The van der Waals surface area contributed by atoms with Gasteiger partial charge in [0.1, 0.15) is 0 Å². The highest BCUT2D eigenvalue weighted by atomic mass is 32.1. The van der Waals surface area contributed by atoms with Crippen molar-refractivity contribution in [2.75, 3.05) is 18.8 Å². The van der Waals surface area contributed by atoms with Gasteiger partial charge in [0.25, 0.3) is 0 Å². The normalized spacial score (nSPS) is 31.9. The highest BCUT2D eigenvalue weighted by molar-refractivity contribution is 7.80. The second-order valence-electron chi connectivity index (χ2n) is 3.80. The molecule has 1 aliphatic heterocycles. The number of thiol groups is 1. The second kappa shape index (κ2) is 4.93. The van der Waals surface area contributed by atoms with E-state index in [0.717, 1.165) is 24.3 Å². The number of hydrogen-bond acceptors (Lipinski definition) is 2. The Bertz CT molecular complexity index is 156. The van der Waals surface area contributed by atoms with Gasteiger partial charge in [-0.05, 0) is 19.3 Å². The third-order valence-corrected chi connectivity index (χ3v) is 2.74. The molecule has 2 heteroatoms. The lowest BCUT2D eigenvalue weighted by atomic mass is 10.1. The molecular formula is C10H19NS. The maximum atomic E-state index is 4.13. The molecule has 0 aliphatic carbocycles. The Labute approximate surface area is 81.2 Å². The molecule has 1 aliphatic rings. The standard InChI is InChI=1S/C10H19NS/c1-9-7-10(2)11(8-9)5-3-4-6-12/h3-4,9-10,12H,5-8H2,1-2H3/b4-3+. The van der Waals surface area contributed by atoms with E-state index in [1.807, 2.05) is 0 Å². The summed E-state index contributed by atoms with van der Waals surface area (Å²) in [6, 6.07) is 0.768. The molecule has 12 heavy (non-hydrogen) atoms. The maximum Gasteiger partial charge on any atom is 0.0166 e. The Kier molecular flexibility index (Phi) is 4.16. The van der Waals surface area contributed by atoms with Crippen LogP contribution in [-0.4, -0.2) is 29.8 Å². The van der Waals surface area contributed by atoms with Crippen molar-refractivity contribution in [3.8, 4) is 0 Å². The molecule has 0 saturated carbocycles. The lowest BCUT2D eigenvalue weighted by Gasteiger charge is -2.18. The van der Waals surface area contributed by atoms with Crippen LogP contribution < -0.4 is 0 Å². The first kappa shape index (κ1) is 10.1. The monoisotopic (exact) mass is 185 g/mol. The Morgan fingerprint density at radius 3 is 2.67 bits per heavy atom. The summed E-state index contributed by atoms with van der Waals surface area (Å²) in [6.45, 7) is 7.01. The van der Waals surface area contributed by atoms with Crippen LogP contribution in [0.3, 0.4) is 0 Å². The summed E-state index contributed by atoms with van der Waals surface area (Å²) < 4.78 is 0. The molecule has 0 amide bonds. The van der Waals surface area contributed by atoms with Crippen LogP contribution in [-0.2, 0) is 0 Å². The van der Waals surface area contributed by atoms with Crippen molar-refractivity contribution in [1.82, 2.24) is 4.90 Å². The summed E-state index contributed by atoms with van der Waals surface area (Å²) >= 11 is 4.13. The summed E-state index contributed by atoms with van der Waals surface area (Å²) in [5.74, 6) is 1.74. The summed E-state index contributed by atoms with van der Waals surface area (Å²) in [4.78, 5) is 2.53. The van der Waals surface area contributed by atoms with E-state index in [0.29, 0.717) is 0 Å². The van der Waals surface area contributed by atoms with Crippen molar-refractivity contribution in [2.24, 2.45) is 5.92 Å². The summed E-state index contributed by atoms with van der Waals surface area (Å²) in [5.41, 5.74) is 0. The lowest BCUT2D eigenvalue weighted by molar-refractivity contribution is 0.294. The number of nitrogens with zero attached hydrogens (tertiary/aromatic N) is 1. The summed E-state index contributed by atoms with van der Waals surface area (Å²) in [5, 5.41) is 0. The highest BCUT2D eigenvalue weighted by Gasteiger charge is 2.24. The van der Waals surface area contributed by atoms with Crippen LogP contribution in [0.4, 0.5) is 0 Å². The Hall–Kier alpha value is 0.0500. The molecule has 0 N–H and O–H groups in total. The topological polar surface area (TPSA) is 3.24 Å². The largest absolute Gasteiger partial charge is 0.297 e. The fraction of sp³-hybridized carbons (Fsp3) is 0.800. The van der Waals surface area contributed by atoms with Crippen molar-refractivity contribution < 1.29 is 0 Å². The fourth-order valence-electron chi connectivity index (χ4n) is 1.93. The van der Waals surface area contributed by atoms with E-state index in [9.17, 15) is 0 Å². The van der Waals surface area contributed by atoms with Crippen molar-refractivity contribution in [2.45, 2.75) is 26.3 Å². The van der Waals surface area contributed by atoms with Crippen LogP contribution in [0.15, 0.2) is 12.2 Å². The smallest absolute Gasteiger partial charge is 0.0166 e. The van der Waals surface area contributed by atoms with Gasteiger partial charge in [0.15, 0.2) is 0 Å². The number of hydrogen-bond donors (Lipinski definition) is 1. The summed E-state index contributed by atoms with van der Waals surface area (Å²) in [6.07, 6.45) is 5.70. The first-order chi connectivity index (χ1) is 5.74. The molecule has 0 aromatic carbocycles. The van der Waals surface area contributed by atoms with Gasteiger partial charge in [-0.25, -0.2) is 0 Å². The number of likely N-dealkylation sites (tertiary alicyclic amines) is 1. The van der Waals surface area contributed by atoms with Crippen LogP contribution >= 0.6 is 12.6 Å². The molecule has 1 heterocycles. The predicted octanol–water partition coefficient (Wildman–Crippen LogP) is 2.20. The zero-order valence-electron chi connectivity index (χ0n) is 8.03. The van der Waals surface area contributed by atoms with Crippen molar-refractivity contribution in [3.05, 3.63) is 12.2 Å². The van der Waals surface area contributed by atoms with E-state index in [1.54, 1.807) is 0 Å². The minimum atomic E-state index is 0.768. The van der Waals surface area contributed by atoms with E-state index in [-0.39, 0.29) is 0 Å². The fourth-order valence-corrected chi connectivity index (χ4v) is 2.07. The van der Waals surface area contributed by atoms with Gasteiger partial charge in [-0.2, -0.15) is 12.6 Å². The summed E-state index contributed by atoms with van der Waals surface area (Å²) in [7, 11) is 0. The van der Waals surface area contributed by atoms with Gasteiger partial charge in [-0.15, -0.1) is 0 Å². The molecule has 1 rings (SSSR count). The van der Waals surface area contributed by atoms with E-state index in [2.05, 4.69) is 43.5 Å². The van der Waals surface area contributed by atoms with Gasteiger partial charge in [0, 0.05) is 24.9 Å². The average molecular weight is 185 g/mol. The Balaban J connectivity index is 2.28. The van der Waals surface area contributed by atoms with Gasteiger partial charge in [0.05, 0.1) is 0 Å². The van der Waals surface area contributed by atoms with Crippen LogP contribution in [0.25, 0.3) is 0 Å². The molecule has 2 atom stereocenters. The molecule has 2 unspecified atom stereocenters. The molecule has 1 fully saturated rings. The van der Waals surface area contributed by atoms with Gasteiger partial charge < -0.3 is 0 Å². The predicted molar refractivity (Wildman–Crippen MR) is 57.8 cm³/mol. The molecule has 70 valence electrons. The van der Waals surface area contributed by atoms with E-state index < -0.39 is 0 Å². The average Bonchev–Trinajstić information content (AvgIpc) is 2.31. The maximum absolute atomic E-state index is 4.13. The van der Waals surface area contributed by atoms with E-state index in [4.69, 9.17) is 0 Å². The number of rotatable bonds is 3. The quantitative estimate of drug-likeness (QED) is 0.521. The van der Waals surface area contributed by atoms with E-state index in [1.165, 1.54) is 13.0 Å². The molecule has 0 radical (unpaired) electrons. The molecule has 0 aromatic rings. The SMILES string of the molecule is CC1CC(C)N(C/C=C/CS)C1. The van der Waals surface area contributed by atoms with Crippen LogP contribution in [0, 0.1) is 5.92 Å². The van der Waals surface area contributed by atoms with Crippen LogP contribution in [0.1, 0.15) is 20.3 Å². The molecule has 0 spiro atoms. The Morgan fingerprint density at radius 1 is 1.42 bits per heavy atom. The third-order valence-electron chi connectivity index (χ3n) is 2.53. The molecule has 1 nitrogen and oxygen atoms in total. The van der Waals surface area contributed by atoms with Crippen LogP contribution in [0.2, 0.25) is 0 Å². The van der Waals surface area contributed by atoms with Crippen molar-refractivity contribution in [3.63, 3.8) is 0 Å². The molecular weight excluding hydrogens is 166 g/mol. The first-order valence-electron chi connectivity index (χ1n) is 4.74. The zero-order chi connectivity index (χ0) is 8.97. The second-order valence-corrected chi connectivity index (χ2v) is 4.16. The van der Waals surface area contributed by atoms with Gasteiger partial charge in [0.2, 0.25) is 0 Å². The van der Waals surface area contributed by atoms with Gasteiger partial charge >= 0.3 is 0 Å². The van der Waals surface area contributed by atoms with E-state index >= 15 is 0 Å². The minimum absolute atomic E-state index is 0.768. The molecule has 0 bridgehead atoms. The van der Waals surface area contributed by atoms with Crippen LogP contribution in [0.5, 0.6) is 0 Å². The molecule has 0 aromatic heterocycles. The zero-order valence-corrected chi connectivity index (χ0v) is 8.93. The first-order valence-corrected chi connectivity index (χ1v) is 5.37.